The zero-order valence-electron chi connectivity index (χ0n) is 12.1. The van der Waals surface area contributed by atoms with Gasteiger partial charge in [0.25, 0.3) is 5.78 Å². The van der Waals surface area contributed by atoms with Gasteiger partial charge in [-0.3, -0.25) is 9.59 Å². The Morgan fingerprint density at radius 3 is 2.30 bits per heavy atom. The molecule has 1 fully saturated rings. The van der Waals surface area contributed by atoms with Crippen LogP contribution >= 0.6 is 0 Å². The Kier molecular flexibility index (Phi) is 4.86. The predicted octanol–water partition coefficient (Wildman–Crippen LogP) is 0.555. The monoisotopic (exact) mass is 285 g/mol. The van der Waals surface area contributed by atoms with Crippen LogP contribution in [-0.4, -0.2) is 54.3 Å². The molecule has 7 heteroatoms. The van der Waals surface area contributed by atoms with E-state index in [4.69, 9.17) is 4.74 Å². The standard InChI is InChI=1S/C13H19NO6/c1-13(2,3)20-12(18)14-6-5-8(9(15)7-14)10(16)11(17)19-4/h8H,5-7H2,1-4H3/t8-/m0/s1. The van der Waals surface area contributed by atoms with E-state index in [1.807, 2.05) is 0 Å². The quantitative estimate of drug-likeness (QED) is 0.418. The molecule has 112 valence electrons. The fourth-order valence-electron chi connectivity index (χ4n) is 1.83. The van der Waals surface area contributed by atoms with Crippen LogP contribution in [0.4, 0.5) is 4.79 Å². The number of amides is 1. The topological polar surface area (TPSA) is 90.0 Å². The highest BCUT2D eigenvalue weighted by Crippen LogP contribution is 2.18. The summed E-state index contributed by atoms with van der Waals surface area (Å²) in [5, 5.41) is 0. The summed E-state index contributed by atoms with van der Waals surface area (Å²) in [6.07, 6.45) is -0.499. The lowest BCUT2D eigenvalue weighted by Crippen LogP contribution is -2.49. The molecule has 1 saturated heterocycles. The molecule has 0 unspecified atom stereocenters. The molecular weight excluding hydrogens is 266 g/mol. The molecule has 0 aromatic carbocycles. The van der Waals surface area contributed by atoms with Crippen molar-refractivity contribution in [2.45, 2.75) is 32.8 Å². The highest BCUT2D eigenvalue weighted by molar-refractivity contribution is 6.38. The molecule has 1 rings (SSSR count). The number of hydrogen-bond donors (Lipinski definition) is 0. The first-order valence-corrected chi connectivity index (χ1v) is 6.28. The first-order valence-electron chi connectivity index (χ1n) is 6.28. The molecule has 0 aromatic heterocycles. The Bertz CT molecular complexity index is 437. The second-order valence-corrected chi connectivity index (χ2v) is 5.57. The summed E-state index contributed by atoms with van der Waals surface area (Å²) in [6.45, 7) is 5.12. The average Bonchev–Trinajstić information content (AvgIpc) is 2.34. The summed E-state index contributed by atoms with van der Waals surface area (Å²) >= 11 is 0. The van der Waals surface area contributed by atoms with Crippen molar-refractivity contribution in [2.24, 2.45) is 5.92 Å². The van der Waals surface area contributed by atoms with Gasteiger partial charge in [-0.25, -0.2) is 9.59 Å². The highest BCUT2D eigenvalue weighted by atomic mass is 16.6. The number of likely N-dealkylation sites (tertiary alicyclic amines) is 1. The maximum Gasteiger partial charge on any atom is 0.410 e. The van der Waals surface area contributed by atoms with Gasteiger partial charge >= 0.3 is 12.1 Å². The van der Waals surface area contributed by atoms with Gasteiger partial charge in [0.05, 0.1) is 19.6 Å². The second kappa shape index (κ2) is 6.02. The van der Waals surface area contributed by atoms with Crippen LogP contribution < -0.4 is 0 Å². The molecule has 1 aliphatic heterocycles. The van der Waals surface area contributed by atoms with Crippen LogP contribution in [-0.2, 0) is 23.9 Å². The number of hydrogen-bond acceptors (Lipinski definition) is 6. The van der Waals surface area contributed by atoms with Crippen LogP contribution in [0.5, 0.6) is 0 Å². The summed E-state index contributed by atoms with van der Waals surface area (Å²) in [4.78, 5) is 47.6. The number of ketones is 2. The number of carbonyl (C=O) groups is 4. The Labute approximate surface area is 117 Å². The van der Waals surface area contributed by atoms with E-state index >= 15 is 0 Å². The molecule has 0 radical (unpaired) electrons. The number of esters is 1. The molecule has 0 spiro atoms. The third-order valence-electron chi connectivity index (χ3n) is 2.78. The van der Waals surface area contributed by atoms with Crippen molar-refractivity contribution < 1.29 is 28.7 Å². The Morgan fingerprint density at radius 2 is 1.85 bits per heavy atom. The minimum absolute atomic E-state index is 0.103. The Hall–Kier alpha value is -1.92. The Balaban J connectivity index is 2.64. The van der Waals surface area contributed by atoms with Gasteiger partial charge in [0.2, 0.25) is 0 Å². The first kappa shape index (κ1) is 16.1. The number of ether oxygens (including phenoxy) is 2. The largest absolute Gasteiger partial charge is 0.463 e. The SMILES string of the molecule is COC(=O)C(=O)[C@H]1CCN(C(=O)OC(C)(C)C)CC1=O. The fraction of sp³-hybridized carbons (Fsp3) is 0.692. The van der Waals surface area contributed by atoms with Crippen LogP contribution in [0.3, 0.4) is 0 Å². The number of piperidine rings is 1. The van der Waals surface area contributed by atoms with Gasteiger partial charge in [-0.2, -0.15) is 0 Å². The summed E-state index contributed by atoms with van der Waals surface area (Å²) in [6, 6.07) is 0. The summed E-state index contributed by atoms with van der Waals surface area (Å²) in [5.74, 6) is -3.39. The van der Waals surface area contributed by atoms with Gasteiger partial charge in [-0.15, -0.1) is 0 Å². The van der Waals surface area contributed by atoms with Crippen molar-refractivity contribution in [3.05, 3.63) is 0 Å². The summed E-state index contributed by atoms with van der Waals surface area (Å²) in [5.41, 5.74) is -0.654. The van der Waals surface area contributed by atoms with Crippen LogP contribution in [0, 0.1) is 5.92 Å². The molecule has 0 aromatic rings. The number of nitrogens with zero attached hydrogens (tertiary/aromatic N) is 1. The maximum atomic E-state index is 11.9. The molecule has 0 saturated carbocycles. The van der Waals surface area contributed by atoms with Crippen molar-refractivity contribution in [1.29, 1.82) is 0 Å². The van der Waals surface area contributed by atoms with E-state index in [1.165, 1.54) is 4.90 Å². The summed E-state index contributed by atoms with van der Waals surface area (Å²) in [7, 11) is 1.08. The van der Waals surface area contributed by atoms with Gasteiger partial charge in [0.15, 0.2) is 5.78 Å². The molecule has 1 atom stereocenters. The van der Waals surface area contributed by atoms with Crippen LogP contribution in [0.25, 0.3) is 0 Å². The van der Waals surface area contributed by atoms with Crippen molar-refractivity contribution in [3.63, 3.8) is 0 Å². The molecule has 20 heavy (non-hydrogen) atoms. The smallest absolute Gasteiger partial charge is 0.410 e. The number of Topliss-reactive ketones (excluding diaryl/α,β-unsaturated/α-hetero) is 2. The second-order valence-electron chi connectivity index (χ2n) is 5.57. The molecule has 0 bridgehead atoms. The molecule has 0 N–H and O–H groups in total. The lowest BCUT2D eigenvalue weighted by atomic mass is 9.91. The van der Waals surface area contributed by atoms with E-state index in [2.05, 4.69) is 4.74 Å². The molecular formula is C13H19NO6. The van der Waals surface area contributed by atoms with Crippen molar-refractivity contribution in [3.8, 4) is 0 Å². The van der Waals surface area contributed by atoms with Crippen molar-refractivity contribution in [1.82, 2.24) is 4.90 Å². The number of rotatable bonds is 2. The summed E-state index contributed by atoms with van der Waals surface area (Å²) < 4.78 is 9.46. The van der Waals surface area contributed by atoms with E-state index in [9.17, 15) is 19.2 Å². The predicted molar refractivity (Wildman–Crippen MR) is 67.9 cm³/mol. The van der Waals surface area contributed by atoms with Gasteiger partial charge in [-0.1, -0.05) is 0 Å². The third kappa shape index (κ3) is 4.04. The van der Waals surface area contributed by atoms with E-state index < -0.39 is 35.1 Å². The molecule has 1 heterocycles. The number of carbonyl (C=O) groups excluding carboxylic acids is 4. The van der Waals surface area contributed by atoms with Gasteiger partial charge in [-0.05, 0) is 27.2 Å². The zero-order chi connectivity index (χ0) is 15.5. The van der Waals surface area contributed by atoms with Gasteiger partial charge in [0.1, 0.15) is 5.60 Å². The van der Waals surface area contributed by atoms with E-state index in [0.29, 0.717) is 0 Å². The fourth-order valence-corrected chi connectivity index (χ4v) is 1.83. The normalized spacial score (nSPS) is 19.5. The van der Waals surface area contributed by atoms with Gasteiger partial charge in [0, 0.05) is 6.54 Å². The molecule has 1 amide bonds. The van der Waals surface area contributed by atoms with Crippen LogP contribution in [0.15, 0.2) is 0 Å². The average molecular weight is 285 g/mol. The molecule has 0 aliphatic carbocycles. The Morgan fingerprint density at radius 1 is 1.25 bits per heavy atom. The van der Waals surface area contributed by atoms with Gasteiger partial charge < -0.3 is 14.4 Å². The zero-order valence-corrected chi connectivity index (χ0v) is 12.1. The van der Waals surface area contributed by atoms with Crippen molar-refractivity contribution in [2.75, 3.05) is 20.2 Å². The van der Waals surface area contributed by atoms with Crippen LogP contribution in [0.2, 0.25) is 0 Å². The van der Waals surface area contributed by atoms with E-state index in [1.54, 1.807) is 20.8 Å². The van der Waals surface area contributed by atoms with E-state index in [0.717, 1.165) is 7.11 Å². The van der Waals surface area contributed by atoms with E-state index in [-0.39, 0.29) is 19.5 Å². The maximum absolute atomic E-state index is 11.9. The minimum Gasteiger partial charge on any atom is -0.463 e. The highest BCUT2D eigenvalue weighted by Gasteiger charge is 2.38. The third-order valence-corrected chi connectivity index (χ3v) is 2.78. The minimum atomic E-state index is -1.03. The lowest BCUT2D eigenvalue weighted by Gasteiger charge is -2.31. The van der Waals surface area contributed by atoms with Crippen molar-refractivity contribution >= 4 is 23.6 Å². The lowest BCUT2D eigenvalue weighted by molar-refractivity contribution is -0.156. The first-order chi connectivity index (χ1) is 9.15. The van der Waals surface area contributed by atoms with Crippen LogP contribution in [0.1, 0.15) is 27.2 Å². The number of methoxy groups -OCH3 is 1. The molecule has 1 aliphatic rings. The molecule has 7 nitrogen and oxygen atoms in total.